The van der Waals surface area contributed by atoms with Gasteiger partial charge >= 0.3 is 0 Å². The van der Waals surface area contributed by atoms with Gasteiger partial charge in [-0.15, -0.1) is 0 Å². The van der Waals surface area contributed by atoms with Gasteiger partial charge in [-0.25, -0.2) is 0 Å². The van der Waals surface area contributed by atoms with Crippen molar-refractivity contribution in [2.75, 3.05) is 26.3 Å². The molecule has 3 heteroatoms. The molecule has 0 aromatic heterocycles. The van der Waals surface area contributed by atoms with Crippen molar-refractivity contribution in [2.24, 2.45) is 0 Å². The molecule has 0 amide bonds. The van der Waals surface area contributed by atoms with Crippen molar-refractivity contribution in [1.82, 2.24) is 0 Å². The van der Waals surface area contributed by atoms with E-state index in [0.29, 0.717) is 0 Å². The van der Waals surface area contributed by atoms with Crippen molar-refractivity contribution >= 4 is 0 Å². The van der Waals surface area contributed by atoms with Crippen molar-refractivity contribution in [3.05, 3.63) is 29.8 Å². The van der Waals surface area contributed by atoms with Crippen LogP contribution in [0, 0.1) is 0 Å². The van der Waals surface area contributed by atoms with Gasteiger partial charge in [0, 0.05) is 0 Å². The van der Waals surface area contributed by atoms with Gasteiger partial charge in [0.05, 0.1) is 26.3 Å². The average molecular weight is 252 g/mol. The number of ether oxygens (including phenoxy) is 1. The van der Waals surface area contributed by atoms with Gasteiger partial charge in [0.25, 0.3) is 0 Å². The fourth-order valence-corrected chi connectivity index (χ4v) is 1.92. The Balaban J connectivity index is 2.07. The fraction of sp³-hybridized carbons (Fsp3) is 0.600. The molecule has 0 saturated carbocycles. The van der Waals surface area contributed by atoms with Crippen LogP contribution in [0.15, 0.2) is 24.3 Å². The highest BCUT2D eigenvalue weighted by atomic mass is 16.5. The van der Waals surface area contributed by atoms with E-state index in [1.54, 1.807) is 0 Å². The lowest BCUT2D eigenvalue weighted by atomic mass is 10.1. The zero-order valence-electron chi connectivity index (χ0n) is 11.4. The van der Waals surface area contributed by atoms with Crippen LogP contribution >= 0.6 is 0 Å². The minimum Gasteiger partial charge on any atom is -0.493 e. The number of aryl methyl sites for hydroxylation is 1. The van der Waals surface area contributed by atoms with Gasteiger partial charge in [-0.2, -0.15) is 0 Å². The number of benzene rings is 1. The third kappa shape index (κ3) is 6.03. The second-order valence-corrected chi connectivity index (χ2v) is 4.46. The Morgan fingerprint density at radius 1 is 1.11 bits per heavy atom. The molecule has 0 aliphatic rings. The Kier molecular flexibility index (Phi) is 8.26. The molecule has 0 unspecified atom stereocenters. The lowest BCUT2D eigenvalue weighted by Gasteiger charge is -2.09. The fourth-order valence-electron chi connectivity index (χ4n) is 1.92. The standard InChI is InChI=1S/C15H25NO2/c1-2-14-8-4-5-9-15(14)18-13-7-3-6-10-16-11-12-17/h4-5,8-9,16-17H,2-3,6-7,10-13H2,1H3/p+1. The number of nitrogens with two attached hydrogens (primary N) is 1. The third-order valence-electron chi connectivity index (χ3n) is 3.00. The highest BCUT2D eigenvalue weighted by Crippen LogP contribution is 2.18. The topological polar surface area (TPSA) is 46.1 Å². The second kappa shape index (κ2) is 9.92. The number of quaternary nitrogens is 1. The first-order valence-electron chi connectivity index (χ1n) is 7.01. The summed E-state index contributed by atoms with van der Waals surface area (Å²) in [5.41, 5.74) is 1.29. The summed E-state index contributed by atoms with van der Waals surface area (Å²) in [5, 5.41) is 10.8. The van der Waals surface area contributed by atoms with Crippen LogP contribution < -0.4 is 10.1 Å². The maximum atomic E-state index is 8.63. The van der Waals surface area contributed by atoms with Gasteiger partial charge in [-0.05, 0) is 37.3 Å². The van der Waals surface area contributed by atoms with Crippen molar-refractivity contribution in [3.8, 4) is 5.75 Å². The Bertz CT molecular complexity index is 315. The Morgan fingerprint density at radius 2 is 1.94 bits per heavy atom. The van der Waals surface area contributed by atoms with Crippen LogP contribution in [0.1, 0.15) is 31.7 Å². The molecule has 102 valence electrons. The van der Waals surface area contributed by atoms with Gasteiger partial charge in [-0.1, -0.05) is 25.1 Å². The quantitative estimate of drug-likeness (QED) is 0.618. The zero-order valence-corrected chi connectivity index (χ0v) is 11.4. The molecule has 0 aliphatic carbocycles. The molecule has 18 heavy (non-hydrogen) atoms. The summed E-state index contributed by atoms with van der Waals surface area (Å²) < 4.78 is 5.81. The summed E-state index contributed by atoms with van der Waals surface area (Å²) in [4.78, 5) is 0. The Hall–Kier alpha value is -1.06. The summed E-state index contributed by atoms with van der Waals surface area (Å²) in [7, 11) is 0. The lowest BCUT2D eigenvalue weighted by Crippen LogP contribution is -2.85. The van der Waals surface area contributed by atoms with Gasteiger partial charge < -0.3 is 15.2 Å². The maximum Gasteiger partial charge on any atom is 0.122 e. The van der Waals surface area contributed by atoms with Crippen LogP contribution in [0.3, 0.4) is 0 Å². The van der Waals surface area contributed by atoms with Crippen LogP contribution in [-0.2, 0) is 6.42 Å². The molecule has 3 nitrogen and oxygen atoms in total. The first-order valence-corrected chi connectivity index (χ1v) is 7.01. The van der Waals surface area contributed by atoms with E-state index in [4.69, 9.17) is 9.84 Å². The highest BCUT2D eigenvalue weighted by Gasteiger charge is 2.00. The molecule has 0 bridgehead atoms. The molecule has 0 fully saturated rings. The monoisotopic (exact) mass is 252 g/mol. The number of aliphatic hydroxyl groups excluding tert-OH is 1. The molecule has 0 spiro atoms. The van der Waals surface area contributed by atoms with Crippen molar-refractivity contribution in [1.29, 1.82) is 0 Å². The second-order valence-electron chi connectivity index (χ2n) is 4.46. The summed E-state index contributed by atoms with van der Waals surface area (Å²) in [6, 6.07) is 8.26. The summed E-state index contributed by atoms with van der Waals surface area (Å²) >= 11 is 0. The van der Waals surface area contributed by atoms with Gasteiger partial charge in [0.15, 0.2) is 0 Å². The third-order valence-corrected chi connectivity index (χ3v) is 3.00. The van der Waals surface area contributed by atoms with Crippen molar-refractivity contribution in [2.45, 2.75) is 32.6 Å². The minimum atomic E-state index is 0.275. The largest absolute Gasteiger partial charge is 0.493 e. The molecular weight excluding hydrogens is 226 g/mol. The smallest absolute Gasteiger partial charge is 0.122 e. The summed E-state index contributed by atoms with van der Waals surface area (Å²) in [6.45, 7) is 5.15. The molecule has 0 saturated heterocycles. The number of hydrogen-bond donors (Lipinski definition) is 2. The van der Waals surface area contributed by atoms with Crippen molar-refractivity contribution < 1.29 is 15.2 Å². The van der Waals surface area contributed by atoms with E-state index in [1.807, 2.05) is 12.1 Å². The first kappa shape index (κ1) is 15.0. The van der Waals surface area contributed by atoms with E-state index < -0.39 is 0 Å². The summed E-state index contributed by atoms with van der Waals surface area (Å²) in [5.74, 6) is 1.03. The number of aliphatic hydroxyl groups is 1. The van der Waals surface area contributed by atoms with E-state index in [0.717, 1.165) is 38.3 Å². The van der Waals surface area contributed by atoms with Crippen LogP contribution in [-0.4, -0.2) is 31.4 Å². The van der Waals surface area contributed by atoms with E-state index in [1.165, 1.54) is 18.4 Å². The highest BCUT2D eigenvalue weighted by molar-refractivity contribution is 5.33. The Labute approximate surface area is 110 Å². The van der Waals surface area contributed by atoms with E-state index in [2.05, 4.69) is 24.4 Å². The Morgan fingerprint density at radius 3 is 2.72 bits per heavy atom. The molecular formula is C15H26NO2+. The van der Waals surface area contributed by atoms with Gasteiger partial charge in [-0.3, -0.25) is 0 Å². The van der Waals surface area contributed by atoms with Crippen molar-refractivity contribution in [3.63, 3.8) is 0 Å². The molecule has 3 N–H and O–H groups in total. The van der Waals surface area contributed by atoms with Gasteiger partial charge in [0.2, 0.25) is 0 Å². The maximum absolute atomic E-state index is 8.63. The molecule has 0 radical (unpaired) electrons. The first-order chi connectivity index (χ1) is 8.88. The average Bonchev–Trinajstić information content (AvgIpc) is 2.42. The molecule has 0 atom stereocenters. The van der Waals surface area contributed by atoms with Crippen LogP contribution in [0.2, 0.25) is 0 Å². The number of rotatable bonds is 10. The normalized spacial score (nSPS) is 10.6. The molecule has 1 aromatic carbocycles. The van der Waals surface area contributed by atoms with E-state index in [9.17, 15) is 0 Å². The van der Waals surface area contributed by atoms with E-state index in [-0.39, 0.29) is 6.61 Å². The van der Waals surface area contributed by atoms with Crippen LogP contribution in [0.4, 0.5) is 0 Å². The minimum absolute atomic E-state index is 0.275. The molecule has 0 aliphatic heterocycles. The van der Waals surface area contributed by atoms with E-state index >= 15 is 0 Å². The van der Waals surface area contributed by atoms with Crippen LogP contribution in [0.25, 0.3) is 0 Å². The number of para-hydroxylation sites is 1. The number of unbranched alkanes of at least 4 members (excludes halogenated alkanes) is 2. The van der Waals surface area contributed by atoms with Crippen LogP contribution in [0.5, 0.6) is 5.75 Å². The number of hydrogen-bond acceptors (Lipinski definition) is 2. The summed E-state index contributed by atoms with van der Waals surface area (Å²) in [6.07, 6.45) is 4.51. The molecule has 1 rings (SSSR count). The SMILES string of the molecule is CCc1ccccc1OCCCCC[NH2+]CCO. The van der Waals surface area contributed by atoms with Gasteiger partial charge in [0.1, 0.15) is 5.75 Å². The lowest BCUT2D eigenvalue weighted by molar-refractivity contribution is -0.656. The zero-order chi connectivity index (χ0) is 13.1. The predicted octanol–water partition coefficient (Wildman–Crippen LogP) is 1.35. The predicted molar refractivity (Wildman–Crippen MR) is 73.9 cm³/mol. The molecule has 1 aromatic rings. The molecule has 0 heterocycles.